The van der Waals surface area contributed by atoms with E-state index in [1.807, 2.05) is 30.3 Å². The Labute approximate surface area is 94.3 Å². The van der Waals surface area contributed by atoms with Crippen LogP contribution in [0.4, 0.5) is 4.79 Å². The predicted octanol–water partition coefficient (Wildman–Crippen LogP) is 1.25. The molecule has 0 saturated carbocycles. The number of carbonyl (C=O) groups excluding carboxylic acids is 1. The molecular weight excluding hydrogens is 206 g/mol. The quantitative estimate of drug-likeness (QED) is 0.580. The SMILES string of the molecule is NCC/C=N/NC(=O)OCc1ccccc1. The van der Waals surface area contributed by atoms with Crippen LogP contribution in [0.15, 0.2) is 35.4 Å². The van der Waals surface area contributed by atoms with E-state index in [0.29, 0.717) is 13.0 Å². The summed E-state index contributed by atoms with van der Waals surface area (Å²) in [6.07, 6.45) is 1.58. The van der Waals surface area contributed by atoms with Gasteiger partial charge in [0, 0.05) is 6.21 Å². The lowest BCUT2D eigenvalue weighted by molar-refractivity contribution is 0.140. The van der Waals surface area contributed by atoms with Crippen LogP contribution in [0.25, 0.3) is 0 Å². The number of nitrogens with one attached hydrogen (secondary N) is 1. The van der Waals surface area contributed by atoms with Crippen LogP contribution in [0, 0.1) is 0 Å². The number of amides is 1. The average Bonchev–Trinajstić information content (AvgIpc) is 2.33. The van der Waals surface area contributed by atoms with E-state index in [1.54, 1.807) is 0 Å². The highest BCUT2D eigenvalue weighted by atomic mass is 16.5. The molecule has 1 rings (SSSR count). The Kier molecular flexibility index (Phi) is 5.65. The fraction of sp³-hybridized carbons (Fsp3) is 0.273. The Hall–Kier alpha value is -1.88. The van der Waals surface area contributed by atoms with E-state index in [2.05, 4.69) is 10.5 Å². The molecule has 0 unspecified atom stereocenters. The molecule has 5 heteroatoms. The molecule has 5 nitrogen and oxygen atoms in total. The third kappa shape index (κ3) is 5.11. The second-order valence-electron chi connectivity index (χ2n) is 3.06. The van der Waals surface area contributed by atoms with E-state index in [9.17, 15) is 4.79 Å². The van der Waals surface area contributed by atoms with E-state index in [1.165, 1.54) is 6.21 Å². The zero-order chi connectivity index (χ0) is 11.6. The summed E-state index contributed by atoms with van der Waals surface area (Å²) >= 11 is 0. The molecule has 16 heavy (non-hydrogen) atoms. The topological polar surface area (TPSA) is 76.7 Å². The molecule has 86 valence electrons. The van der Waals surface area contributed by atoms with Crippen molar-refractivity contribution in [3.63, 3.8) is 0 Å². The minimum atomic E-state index is -0.572. The van der Waals surface area contributed by atoms with Gasteiger partial charge >= 0.3 is 6.09 Å². The van der Waals surface area contributed by atoms with Gasteiger partial charge in [0.1, 0.15) is 6.61 Å². The van der Waals surface area contributed by atoms with Crippen LogP contribution >= 0.6 is 0 Å². The molecule has 0 heterocycles. The van der Waals surface area contributed by atoms with Crippen molar-refractivity contribution in [1.82, 2.24) is 5.43 Å². The van der Waals surface area contributed by atoms with Crippen LogP contribution < -0.4 is 11.2 Å². The van der Waals surface area contributed by atoms with Crippen LogP contribution in [-0.4, -0.2) is 18.9 Å². The first-order valence-corrected chi connectivity index (χ1v) is 5.01. The van der Waals surface area contributed by atoms with Crippen LogP contribution in [0.2, 0.25) is 0 Å². The first-order chi connectivity index (χ1) is 7.83. The van der Waals surface area contributed by atoms with Gasteiger partial charge in [-0.05, 0) is 18.5 Å². The Balaban J connectivity index is 2.20. The van der Waals surface area contributed by atoms with Crippen molar-refractivity contribution in [3.8, 4) is 0 Å². The van der Waals surface area contributed by atoms with Crippen molar-refractivity contribution < 1.29 is 9.53 Å². The lowest BCUT2D eigenvalue weighted by Crippen LogP contribution is -2.18. The van der Waals surface area contributed by atoms with E-state index in [-0.39, 0.29) is 6.61 Å². The lowest BCUT2D eigenvalue weighted by atomic mass is 10.2. The molecular formula is C11H15N3O2. The number of hydrogen-bond donors (Lipinski definition) is 2. The standard InChI is InChI=1S/C11H15N3O2/c12-7-4-8-13-14-11(15)16-9-10-5-2-1-3-6-10/h1-3,5-6,8H,4,7,9,12H2,(H,14,15)/b13-8+. The molecule has 3 N–H and O–H groups in total. The van der Waals surface area contributed by atoms with Gasteiger partial charge in [0.25, 0.3) is 0 Å². The summed E-state index contributed by atoms with van der Waals surface area (Å²) < 4.78 is 4.91. The molecule has 1 aromatic rings. The van der Waals surface area contributed by atoms with Crippen molar-refractivity contribution >= 4 is 12.3 Å². The zero-order valence-corrected chi connectivity index (χ0v) is 8.93. The highest BCUT2D eigenvalue weighted by molar-refractivity contribution is 5.69. The van der Waals surface area contributed by atoms with Crippen molar-refractivity contribution in [2.45, 2.75) is 13.0 Å². The Bertz CT molecular complexity index is 338. The van der Waals surface area contributed by atoms with E-state index < -0.39 is 6.09 Å². The lowest BCUT2D eigenvalue weighted by Gasteiger charge is -2.03. The monoisotopic (exact) mass is 221 g/mol. The highest BCUT2D eigenvalue weighted by Gasteiger charge is 1.99. The Morgan fingerprint density at radius 2 is 2.19 bits per heavy atom. The van der Waals surface area contributed by atoms with Gasteiger partial charge in [-0.3, -0.25) is 0 Å². The molecule has 0 aliphatic heterocycles. The second kappa shape index (κ2) is 7.42. The van der Waals surface area contributed by atoms with E-state index >= 15 is 0 Å². The van der Waals surface area contributed by atoms with Crippen molar-refractivity contribution in [2.24, 2.45) is 10.8 Å². The maximum absolute atomic E-state index is 11.1. The third-order valence-electron chi connectivity index (χ3n) is 1.76. The van der Waals surface area contributed by atoms with Crippen molar-refractivity contribution in [1.29, 1.82) is 0 Å². The molecule has 0 radical (unpaired) electrons. The number of nitrogens with zero attached hydrogens (tertiary/aromatic N) is 1. The van der Waals surface area contributed by atoms with Crippen molar-refractivity contribution in [3.05, 3.63) is 35.9 Å². The molecule has 0 saturated heterocycles. The minimum absolute atomic E-state index is 0.235. The average molecular weight is 221 g/mol. The number of hydrogen-bond acceptors (Lipinski definition) is 4. The van der Waals surface area contributed by atoms with Crippen LogP contribution in [-0.2, 0) is 11.3 Å². The first-order valence-electron chi connectivity index (χ1n) is 5.01. The predicted molar refractivity (Wildman–Crippen MR) is 61.9 cm³/mol. The number of carbonyl (C=O) groups is 1. The van der Waals surface area contributed by atoms with Crippen LogP contribution in [0.1, 0.15) is 12.0 Å². The summed E-state index contributed by atoms with van der Waals surface area (Å²) in [6.45, 7) is 0.739. The number of rotatable bonds is 5. The number of ether oxygens (including phenoxy) is 1. The maximum Gasteiger partial charge on any atom is 0.428 e. The molecule has 0 atom stereocenters. The second-order valence-corrected chi connectivity index (χ2v) is 3.06. The number of nitrogens with two attached hydrogens (primary N) is 1. The normalized spacial score (nSPS) is 10.3. The fourth-order valence-corrected chi connectivity index (χ4v) is 0.993. The summed E-state index contributed by atoms with van der Waals surface area (Å²) in [5, 5.41) is 3.64. The maximum atomic E-state index is 11.1. The molecule has 0 aliphatic rings. The van der Waals surface area contributed by atoms with Gasteiger partial charge in [0.2, 0.25) is 0 Å². The Morgan fingerprint density at radius 3 is 2.88 bits per heavy atom. The largest absolute Gasteiger partial charge is 0.443 e. The zero-order valence-electron chi connectivity index (χ0n) is 8.93. The Morgan fingerprint density at radius 1 is 1.44 bits per heavy atom. The van der Waals surface area contributed by atoms with Gasteiger partial charge in [-0.1, -0.05) is 30.3 Å². The molecule has 0 fully saturated rings. The number of hydrazone groups is 1. The summed E-state index contributed by atoms with van der Waals surface area (Å²) in [5.74, 6) is 0. The fourth-order valence-electron chi connectivity index (χ4n) is 0.993. The molecule has 0 aliphatic carbocycles. The smallest absolute Gasteiger partial charge is 0.428 e. The van der Waals surface area contributed by atoms with Gasteiger partial charge < -0.3 is 10.5 Å². The van der Waals surface area contributed by atoms with Gasteiger partial charge in [0.15, 0.2) is 0 Å². The van der Waals surface area contributed by atoms with Gasteiger partial charge in [0.05, 0.1) is 0 Å². The van der Waals surface area contributed by atoms with Gasteiger partial charge in [-0.2, -0.15) is 5.10 Å². The summed E-state index contributed by atoms with van der Waals surface area (Å²) in [7, 11) is 0. The molecule has 0 bridgehead atoms. The third-order valence-corrected chi connectivity index (χ3v) is 1.76. The summed E-state index contributed by atoms with van der Waals surface area (Å²) in [5.41, 5.74) is 8.42. The van der Waals surface area contributed by atoms with Crippen LogP contribution in [0.5, 0.6) is 0 Å². The summed E-state index contributed by atoms with van der Waals surface area (Å²) in [4.78, 5) is 11.1. The first kappa shape index (κ1) is 12.2. The van der Waals surface area contributed by atoms with Gasteiger partial charge in [-0.25, -0.2) is 10.2 Å². The van der Waals surface area contributed by atoms with Crippen LogP contribution in [0.3, 0.4) is 0 Å². The molecule has 1 amide bonds. The highest BCUT2D eigenvalue weighted by Crippen LogP contribution is 2.00. The van der Waals surface area contributed by atoms with E-state index in [4.69, 9.17) is 10.5 Å². The van der Waals surface area contributed by atoms with Crippen molar-refractivity contribution in [2.75, 3.05) is 6.54 Å². The molecule has 0 aromatic heterocycles. The van der Waals surface area contributed by atoms with Gasteiger partial charge in [-0.15, -0.1) is 0 Å². The number of benzene rings is 1. The van der Waals surface area contributed by atoms with E-state index in [0.717, 1.165) is 5.56 Å². The summed E-state index contributed by atoms with van der Waals surface area (Å²) in [6, 6.07) is 9.43. The minimum Gasteiger partial charge on any atom is -0.443 e. The molecule has 0 spiro atoms. The molecule has 1 aromatic carbocycles.